The minimum absolute atomic E-state index is 0.790. The highest BCUT2D eigenvalue weighted by Crippen LogP contribution is 2.19. The first-order valence-electron chi connectivity index (χ1n) is 5.23. The highest BCUT2D eigenvalue weighted by atomic mass is 32.1. The van der Waals surface area contributed by atoms with Crippen LogP contribution in [0.1, 0.15) is 21.8 Å². The van der Waals surface area contributed by atoms with Gasteiger partial charge < -0.3 is 5.32 Å². The van der Waals surface area contributed by atoms with Crippen molar-refractivity contribution >= 4 is 16.5 Å². The van der Waals surface area contributed by atoms with Crippen LogP contribution in [0.3, 0.4) is 0 Å². The van der Waals surface area contributed by atoms with Crippen molar-refractivity contribution in [1.29, 1.82) is 0 Å². The molecule has 0 aliphatic carbocycles. The van der Waals surface area contributed by atoms with Gasteiger partial charge in [0.25, 0.3) is 0 Å². The smallest absolute Gasteiger partial charge is 0.183 e. The summed E-state index contributed by atoms with van der Waals surface area (Å²) in [6.07, 6.45) is 1.88. The number of nitrogens with one attached hydrogen (secondary N) is 1. The number of thiazole rings is 1. The largest absolute Gasteiger partial charge is 0.357 e. The first-order chi connectivity index (χ1) is 7.58. The van der Waals surface area contributed by atoms with E-state index in [1.165, 1.54) is 16.1 Å². The number of aryl methyl sites for hydroxylation is 3. The molecular formula is C11H16N4S. The van der Waals surface area contributed by atoms with E-state index in [0.717, 1.165) is 17.4 Å². The summed E-state index contributed by atoms with van der Waals surface area (Å²) in [5.41, 5.74) is 3.55. The van der Waals surface area contributed by atoms with E-state index in [1.54, 1.807) is 11.3 Å². The Morgan fingerprint density at radius 2 is 2.12 bits per heavy atom. The highest BCUT2D eigenvalue weighted by Gasteiger charge is 2.09. The molecule has 0 saturated heterocycles. The van der Waals surface area contributed by atoms with Gasteiger partial charge in [0.15, 0.2) is 5.13 Å². The molecular weight excluding hydrogens is 220 g/mol. The Balaban J connectivity index is 2.10. The highest BCUT2D eigenvalue weighted by molar-refractivity contribution is 7.15. The van der Waals surface area contributed by atoms with Gasteiger partial charge in [0.05, 0.1) is 5.69 Å². The van der Waals surface area contributed by atoms with Gasteiger partial charge in [0.1, 0.15) is 0 Å². The second-order valence-corrected chi connectivity index (χ2v) is 5.14. The summed E-state index contributed by atoms with van der Waals surface area (Å²) in [5, 5.41) is 8.69. The molecule has 0 amide bonds. The molecule has 16 heavy (non-hydrogen) atoms. The first kappa shape index (κ1) is 11.1. The Bertz CT molecular complexity index is 498. The fourth-order valence-electron chi connectivity index (χ4n) is 1.67. The van der Waals surface area contributed by atoms with E-state index < -0.39 is 0 Å². The third-order valence-corrected chi connectivity index (χ3v) is 3.57. The van der Waals surface area contributed by atoms with Crippen LogP contribution in [0.5, 0.6) is 0 Å². The van der Waals surface area contributed by atoms with Crippen molar-refractivity contribution in [3.8, 4) is 0 Å². The van der Waals surface area contributed by atoms with Crippen molar-refractivity contribution in [1.82, 2.24) is 14.8 Å². The van der Waals surface area contributed by atoms with Gasteiger partial charge in [-0.25, -0.2) is 4.98 Å². The summed E-state index contributed by atoms with van der Waals surface area (Å²) in [7, 11) is 1.97. The van der Waals surface area contributed by atoms with Gasteiger partial charge in [-0.1, -0.05) is 0 Å². The topological polar surface area (TPSA) is 42.7 Å². The lowest BCUT2D eigenvalue weighted by Gasteiger charge is -2.03. The monoisotopic (exact) mass is 236 g/mol. The molecule has 2 aromatic heterocycles. The third kappa shape index (κ3) is 2.09. The van der Waals surface area contributed by atoms with Crippen molar-refractivity contribution in [2.75, 3.05) is 5.32 Å². The van der Waals surface area contributed by atoms with Crippen LogP contribution in [0.15, 0.2) is 6.20 Å². The molecule has 0 unspecified atom stereocenters. The number of nitrogens with zero attached hydrogens (tertiary/aromatic N) is 3. The van der Waals surface area contributed by atoms with Crippen LogP contribution in [0.25, 0.3) is 0 Å². The molecule has 2 aromatic rings. The Morgan fingerprint density at radius 1 is 1.38 bits per heavy atom. The van der Waals surface area contributed by atoms with Crippen LogP contribution in [0, 0.1) is 20.8 Å². The molecule has 0 bridgehead atoms. The van der Waals surface area contributed by atoms with E-state index in [1.807, 2.05) is 24.9 Å². The summed E-state index contributed by atoms with van der Waals surface area (Å²) in [5.74, 6) is 0. The first-order valence-corrected chi connectivity index (χ1v) is 6.05. The lowest BCUT2D eigenvalue weighted by molar-refractivity contribution is 0.730. The van der Waals surface area contributed by atoms with Gasteiger partial charge >= 0.3 is 0 Å². The van der Waals surface area contributed by atoms with Crippen molar-refractivity contribution in [3.63, 3.8) is 0 Å². The van der Waals surface area contributed by atoms with Crippen LogP contribution < -0.4 is 5.32 Å². The maximum absolute atomic E-state index is 4.39. The minimum atomic E-state index is 0.790. The minimum Gasteiger partial charge on any atom is -0.357 e. The second kappa shape index (κ2) is 4.25. The van der Waals surface area contributed by atoms with E-state index in [-0.39, 0.29) is 0 Å². The number of aromatic nitrogens is 3. The Hall–Kier alpha value is -1.36. The lowest BCUT2D eigenvalue weighted by atomic mass is 10.2. The summed E-state index contributed by atoms with van der Waals surface area (Å²) in [6.45, 7) is 6.98. The maximum Gasteiger partial charge on any atom is 0.183 e. The number of anilines is 1. The molecule has 1 N–H and O–H groups in total. The normalized spacial score (nSPS) is 10.8. The molecule has 0 aliphatic heterocycles. The standard InChI is InChI=1S/C11H16N4S/c1-7-5-12-11(16-7)13-6-10-8(2)14-15(4)9(10)3/h5H,6H2,1-4H3,(H,12,13). The Labute approximate surface area is 99.3 Å². The maximum atomic E-state index is 4.39. The van der Waals surface area contributed by atoms with Crippen molar-refractivity contribution in [3.05, 3.63) is 28.0 Å². The van der Waals surface area contributed by atoms with E-state index >= 15 is 0 Å². The van der Waals surface area contributed by atoms with Gasteiger partial charge in [0.2, 0.25) is 0 Å². The van der Waals surface area contributed by atoms with Gasteiger partial charge in [0, 0.05) is 35.9 Å². The van der Waals surface area contributed by atoms with Crippen molar-refractivity contribution < 1.29 is 0 Å². The van der Waals surface area contributed by atoms with Gasteiger partial charge in [-0.3, -0.25) is 4.68 Å². The molecule has 0 saturated carbocycles. The molecule has 2 rings (SSSR count). The predicted molar refractivity (Wildman–Crippen MR) is 66.9 cm³/mol. The molecule has 0 atom stereocenters. The molecule has 86 valence electrons. The van der Waals surface area contributed by atoms with E-state index in [4.69, 9.17) is 0 Å². The van der Waals surface area contributed by atoms with Gasteiger partial charge in [-0.05, 0) is 20.8 Å². The van der Waals surface area contributed by atoms with Crippen molar-refractivity contribution in [2.24, 2.45) is 7.05 Å². The zero-order chi connectivity index (χ0) is 11.7. The number of hydrogen-bond donors (Lipinski definition) is 1. The zero-order valence-corrected chi connectivity index (χ0v) is 10.9. The Kier molecular flexibility index (Phi) is 2.96. The number of rotatable bonds is 3. The molecule has 0 aliphatic rings. The van der Waals surface area contributed by atoms with Crippen LogP contribution >= 0.6 is 11.3 Å². The van der Waals surface area contributed by atoms with E-state index in [0.29, 0.717) is 0 Å². The Morgan fingerprint density at radius 3 is 2.62 bits per heavy atom. The molecule has 0 spiro atoms. The summed E-state index contributed by atoms with van der Waals surface area (Å²) >= 11 is 1.68. The quantitative estimate of drug-likeness (QED) is 0.890. The molecule has 5 heteroatoms. The van der Waals surface area contributed by atoms with E-state index in [2.05, 4.69) is 29.2 Å². The third-order valence-electron chi connectivity index (χ3n) is 2.70. The van der Waals surface area contributed by atoms with Crippen LogP contribution in [0.4, 0.5) is 5.13 Å². The average molecular weight is 236 g/mol. The van der Waals surface area contributed by atoms with Crippen LogP contribution in [-0.2, 0) is 13.6 Å². The zero-order valence-electron chi connectivity index (χ0n) is 10.0. The van der Waals surface area contributed by atoms with Crippen molar-refractivity contribution in [2.45, 2.75) is 27.3 Å². The molecule has 4 nitrogen and oxygen atoms in total. The summed E-state index contributed by atoms with van der Waals surface area (Å²) in [4.78, 5) is 5.50. The van der Waals surface area contributed by atoms with Crippen LogP contribution in [-0.4, -0.2) is 14.8 Å². The molecule has 0 radical (unpaired) electrons. The predicted octanol–water partition coefficient (Wildman–Crippen LogP) is 2.41. The second-order valence-electron chi connectivity index (χ2n) is 3.90. The lowest BCUT2D eigenvalue weighted by Crippen LogP contribution is -2.01. The molecule has 0 aromatic carbocycles. The SMILES string of the molecule is Cc1cnc(NCc2c(C)nn(C)c2C)s1. The molecule has 2 heterocycles. The van der Waals surface area contributed by atoms with E-state index in [9.17, 15) is 0 Å². The number of hydrogen-bond acceptors (Lipinski definition) is 4. The summed E-state index contributed by atoms with van der Waals surface area (Å²) in [6, 6.07) is 0. The van der Waals surface area contributed by atoms with Crippen LogP contribution in [0.2, 0.25) is 0 Å². The fraction of sp³-hybridized carbons (Fsp3) is 0.455. The molecule has 0 fully saturated rings. The fourth-order valence-corrected chi connectivity index (χ4v) is 2.33. The van der Waals surface area contributed by atoms with Gasteiger partial charge in [-0.2, -0.15) is 5.10 Å². The summed E-state index contributed by atoms with van der Waals surface area (Å²) < 4.78 is 1.92. The average Bonchev–Trinajstić information content (AvgIpc) is 2.72. The van der Waals surface area contributed by atoms with Gasteiger partial charge in [-0.15, -0.1) is 11.3 Å².